The molecule has 1 unspecified atom stereocenters. The van der Waals surface area contributed by atoms with E-state index in [1.807, 2.05) is 0 Å². The first-order valence-corrected chi connectivity index (χ1v) is 6.43. The molecular formula is C13H25NO3. The highest BCUT2D eigenvalue weighted by molar-refractivity contribution is 5.70. The van der Waals surface area contributed by atoms with Crippen LogP contribution >= 0.6 is 0 Å². The highest BCUT2D eigenvalue weighted by atomic mass is 16.5. The van der Waals surface area contributed by atoms with E-state index in [4.69, 9.17) is 15.2 Å². The lowest BCUT2D eigenvalue weighted by Gasteiger charge is -2.43. The second kappa shape index (κ2) is 6.36. The summed E-state index contributed by atoms with van der Waals surface area (Å²) in [4.78, 5) is 11.5. The van der Waals surface area contributed by atoms with Crippen molar-refractivity contribution in [1.82, 2.24) is 0 Å². The molecule has 1 atom stereocenters. The minimum Gasteiger partial charge on any atom is -0.469 e. The van der Waals surface area contributed by atoms with E-state index in [0.29, 0.717) is 12.5 Å². The van der Waals surface area contributed by atoms with E-state index in [1.165, 1.54) is 7.11 Å². The molecule has 0 aromatic carbocycles. The Morgan fingerprint density at radius 3 is 2.41 bits per heavy atom. The Morgan fingerprint density at radius 2 is 2.00 bits per heavy atom. The van der Waals surface area contributed by atoms with E-state index in [1.54, 1.807) is 7.11 Å². The number of hydrogen-bond donors (Lipinski definition) is 1. The average molecular weight is 243 g/mol. The molecule has 2 N–H and O–H groups in total. The Balaban J connectivity index is 2.71. The van der Waals surface area contributed by atoms with Gasteiger partial charge in [-0.15, -0.1) is 0 Å². The molecule has 0 bridgehead atoms. The molecule has 0 amide bonds. The van der Waals surface area contributed by atoms with Crippen molar-refractivity contribution in [2.24, 2.45) is 11.1 Å². The molecule has 4 heteroatoms. The van der Waals surface area contributed by atoms with Gasteiger partial charge in [0.15, 0.2) is 0 Å². The van der Waals surface area contributed by atoms with Crippen molar-refractivity contribution in [2.75, 3.05) is 14.2 Å². The van der Waals surface area contributed by atoms with Crippen LogP contribution in [0.3, 0.4) is 0 Å². The fourth-order valence-corrected chi connectivity index (χ4v) is 2.87. The molecule has 1 rings (SSSR count). The summed E-state index contributed by atoms with van der Waals surface area (Å²) in [7, 11) is 3.19. The Hall–Kier alpha value is -0.610. The number of methoxy groups -OCH3 is 2. The van der Waals surface area contributed by atoms with E-state index in [9.17, 15) is 4.79 Å². The highest BCUT2D eigenvalue weighted by Gasteiger charge is 2.41. The molecule has 0 radical (unpaired) electrons. The summed E-state index contributed by atoms with van der Waals surface area (Å²) >= 11 is 0. The van der Waals surface area contributed by atoms with Crippen LogP contribution in [0.4, 0.5) is 0 Å². The van der Waals surface area contributed by atoms with Crippen LogP contribution in [0.25, 0.3) is 0 Å². The van der Waals surface area contributed by atoms with Gasteiger partial charge < -0.3 is 15.2 Å². The second-order valence-electron chi connectivity index (χ2n) is 5.07. The van der Waals surface area contributed by atoms with Gasteiger partial charge in [0.1, 0.15) is 0 Å². The van der Waals surface area contributed by atoms with Gasteiger partial charge in [-0.25, -0.2) is 0 Å². The van der Waals surface area contributed by atoms with Crippen LogP contribution in [0.5, 0.6) is 0 Å². The van der Waals surface area contributed by atoms with Crippen LogP contribution in [-0.4, -0.2) is 32.3 Å². The first kappa shape index (κ1) is 14.5. The molecule has 100 valence electrons. The summed E-state index contributed by atoms with van der Waals surface area (Å²) in [6.07, 6.45) is 5.54. The van der Waals surface area contributed by atoms with Gasteiger partial charge in [0.05, 0.1) is 19.6 Å². The van der Waals surface area contributed by atoms with Crippen LogP contribution in [0.1, 0.15) is 45.4 Å². The summed E-state index contributed by atoms with van der Waals surface area (Å²) in [6.45, 7) is 2.08. The minimum absolute atomic E-state index is 0.0689. The fourth-order valence-electron chi connectivity index (χ4n) is 2.87. The predicted molar refractivity (Wildman–Crippen MR) is 66.6 cm³/mol. The van der Waals surface area contributed by atoms with Gasteiger partial charge in [0, 0.05) is 13.2 Å². The molecule has 1 saturated carbocycles. The topological polar surface area (TPSA) is 61.6 Å². The number of rotatable bonds is 5. The molecule has 1 aliphatic carbocycles. The van der Waals surface area contributed by atoms with Gasteiger partial charge in [0.25, 0.3) is 0 Å². The zero-order valence-electron chi connectivity index (χ0n) is 11.2. The van der Waals surface area contributed by atoms with Crippen molar-refractivity contribution >= 4 is 5.97 Å². The van der Waals surface area contributed by atoms with Crippen LogP contribution < -0.4 is 5.73 Å². The summed E-state index contributed by atoms with van der Waals surface area (Å²) in [5.41, 5.74) is 6.14. The normalized spacial score (nSPS) is 30.9. The first-order valence-electron chi connectivity index (χ1n) is 6.43. The van der Waals surface area contributed by atoms with Crippen molar-refractivity contribution < 1.29 is 14.3 Å². The van der Waals surface area contributed by atoms with Crippen LogP contribution in [0, 0.1) is 5.41 Å². The maximum absolute atomic E-state index is 11.5. The van der Waals surface area contributed by atoms with Gasteiger partial charge in [0.2, 0.25) is 0 Å². The molecule has 0 aromatic heterocycles. The lowest BCUT2D eigenvalue weighted by molar-refractivity contribution is -0.145. The van der Waals surface area contributed by atoms with Gasteiger partial charge in [-0.1, -0.05) is 6.92 Å². The van der Waals surface area contributed by atoms with Crippen molar-refractivity contribution in [1.29, 1.82) is 0 Å². The number of ether oxygens (including phenoxy) is 2. The molecular weight excluding hydrogens is 218 g/mol. The van der Waals surface area contributed by atoms with Crippen LogP contribution in [0.15, 0.2) is 0 Å². The second-order valence-corrected chi connectivity index (χ2v) is 5.07. The standard InChI is InChI=1S/C13H25NO3/c1-4-11(14)13(9-12(15)17-3)7-5-10(16-2)6-8-13/h10-11H,4-9,14H2,1-3H3. The van der Waals surface area contributed by atoms with Gasteiger partial charge in [-0.2, -0.15) is 0 Å². The predicted octanol–water partition coefficient (Wildman–Crippen LogP) is 1.86. The number of esters is 1. The third-order valence-electron chi connectivity index (χ3n) is 4.21. The van der Waals surface area contributed by atoms with E-state index in [-0.39, 0.29) is 17.4 Å². The van der Waals surface area contributed by atoms with E-state index >= 15 is 0 Å². The number of carbonyl (C=O) groups is 1. The summed E-state index contributed by atoms with van der Waals surface area (Å²) < 4.78 is 10.2. The molecule has 0 aromatic rings. The van der Waals surface area contributed by atoms with Gasteiger partial charge >= 0.3 is 5.97 Å². The summed E-state index contributed by atoms with van der Waals surface area (Å²) in [6, 6.07) is 0.0689. The number of carbonyl (C=O) groups excluding carboxylic acids is 1. The van der Waals surface area contributed by atoms with E-state index in [0.717, 1.165) is 32.1 Å². The smallest absolute Gasteiger partial charge is 0.306 e. The monoisotopic (exact) mass is 243 g/mol. The number of nitrogens with two attached hydrogens (primary N) is 1. The SMILES string of the molecule is CCC(N)C1(CC(=O)OC)CCC(OC)CC1. The molecule has 0 heterocycles. The Morgan fingerprint density at radius 1 is 1.41 bits per heavy atom. The average Bonchev–Trinajstić information content (AvgIpc) is 2.38. The first-order chi connectivity index (χ1) is 8.07. The molecule has 1 fully saturated rings. The molecule has 1 aliphatic rings. The van der Waals surface area contributed by atoms with Crippen molar-refractivity contribution in [3.05, 3.63) is 0 Å². The largest absolute Gasteiger partial charge is 0.469 e. The zero-order chi connectivity index (χ0) is 12.9. The van der Waals surface area contributed by atoms with Gasteiger partial charge in [-0.3, -0.25) is 4.79 Å². The van der Waals surface area contributed by atoms with Crippen LogP contribution in [0.2, 0.25) is 0 Å². The fraction of sp³-hybridized carbons (Fsp3) is 0.923. The van der Waals surface area contributed by atoms with Crippen molar-refractivity contribution in [3.63, 3.8) is 0 Å². The van der Waals surface area contributed by atoms with E-state index < -0.39 is 0 Å². The van der Waals surface area contributed by atoms with Crippen molar-refractivity contribution in [3.8, 4) is 0 Å². The Bertz CT molecular complexity index is 247. The maximum atomic E-state index is 11.5. The molecule has 4 nitrogen and oxygen atoms in total. The van der Waals surface area contributed by atoms with Crippen molar-refractivity contribution in [2.45, 2.75) is 57.6 Å². The Labute approximate surface area is 104 Å². The van der Waals surface area contributed by atoms with Gasteiger partial charge in [-0.05, 0) is 37.5 Å². The summed E-state index contributed by atoms with van der Waals surface area (Å²) in [5, 5.41) is 0. The van der Waals surface area contributed by atoms with Crippen LogP contribution in [-0.2, 0) is 14.3 Å². The lowest BCUT2D eigenvalue weighted by atomic mass is 9.66. The third-order valence-corrected chi connectivity index (χ3v) is 4.21. The lowest BCUT2D eigenvalue weighted by Crippen LogP contribution is -2.46. The molecule has 0 spiro atoms. The molecule has 17 heavy (non-hydrogen) atoms. The molecule has 0 saturated heterocycles. The maximum Gasteiger partial charge on any atom is 0.306 e. The highest BCUT2D eigenvalue weighted by Crippen LogP contribution is 2.43. The van der Waals surface area contributed by atoms with E-state index in [2.05, 4.69) is 6.92 Å². The molecule has 0 aliphatic heterocycles. The number of hydrogen-bond acceptors (Lipinski definition) is 4. The minimum atomic E-state index is -0.148. The zero-order valence-corrected chi connectivity index (χ0v) is 11.2. The quantitative estimate of drug-likeness (QED) is 0.749. The summed E-state index contributed by atoms with van der Waals surface area (Å²) in [5.74, 6) is -0.148. The Kier molecular flexibility index (Phi) is 5.40. The third kappa shape index (κ3) is 3.42.